The van der Waals surface area contributed by atoms with Gasteiger partial charge in [0.05, 0.1) is 11.1 Å². The van der Waals surface area contributed by atoms with Gasteiger partial charge in [0.2, 0.25) is 0 Å². The molecule has 5 heteroatoms. The Labute approximate surface area is 345 Å². The van der Waals surface area contributed by atoms with Gasteiger partial charge in [0, 0.05) is 70.2 Å². The molecule has 0 saturated carbocycles. The summed E-state index contributed by atoms with van der Waals surface area (Å²) in [5, 5.41) is 0.460. The Morgan fingerprint density at radius 3 is 2.10 bits per heavy atom. The summed E-state index contributed by atoms with van der Waals surface area (Å²) in [5.74, 6) is 0. The minimum atomic E-state index is -3.00. The first kappa shape index (κ1) is 23.7. The normalized spacial score (nSPS) is 18.1. The maximum atomic E-state index is 8.77. The van der Waals surface area contributed by atoms with Gasteiger partial charge in [0.25, 0.3) is 0 Å². The first-order valence-electron chi connectivity index (χ1n) is 24.4. The van der Waals surface area contributed by atoms with Crippen molar-refractivity contribution in [2.45, 2.75) is 102 Å². The monoisotopic (exact) mass is 883 g/mol. The van der Waals surface area contributed by atoms with Crippen molar-refractivity contribution in [1.82, 2.24) is 15.0 Å². The number of rotatable bonds is 5. The number of furan rings is 1. The maximum Gasteiger partial charge on any atom is 0.124 e. The summed E-state index contributed by atoms with van der Waals surface area (Å²) in [6.45, 7) is 7.55. The first-order chi connectivity index (χ1) is 29.8. The van der Waals surface area contributed by atoms with E-state index in [2.05, 4.69) is 27.1 Å². The second-order valence-electron chi connectivity index (χ2n) is 15.8. The second kappa shape index (κ2) is 14.8. The molecule has 7 rings (SSSR count). The van der Waals surface area contributed by atoms with Crippen molar-refractivity contribution in [3.63, 3.8) is 0 Å². The van der Waals surface area contributed by atoms with Crippen molar-refractivity contribution >= 4 is 32.8 Å². The third-order valence-corrected chi connectivity index (χ3v) is 7.73. The Morgan fingerprint density at radius 2 is 1.44 bits per heavy atom. The number of aryl methyl sites for hydroxylation is 3. The van der Waals surface area contributed by atoms with Crippen molar-refractivity contribution in [1.29, 1.82) is 0 Å². The van der Waals surface area contributed by atoms with Gasteiger partial charge in [-0.25, -0.2) is 0 Å². The number of hydrogen-bond donors (Lipinski definition) is 0. The van der Waals surface area contributed by atoms with Gasteiger partial charge in [0.1, 0.15) is 5.58 Å². The predicted molar refractivity (Wildman–Crippen MR) is 214 cm³/mol. The van der Waals surface area contributed by atoms with Crippen LogP contribution in [0.2, 0.25) is 0 Å². The Bertz CT molecular complexity index is 2920. The molecule has 4 aromatic heterocycles. The van der Waals surface area contributed by atoms with Crippen LogP contribution in [0.25, 0.3) is 55.4 Å². The molecule has 4 nitrogen and oxygen atoms in total. The predicted octanol–water partition coefficient (Wildman–Crippen LogP) is 12.7. The van der Waals surface area contributed by atoms with Gasteiger partial charge in [-0.2, -0.15) is 0 Å². The van der Waals surface area contributed by atoms with Crippen LogP contribution in [0.1, 0.15) is 116 Å². The summed E-state index contributed by atoms with van der Waals surface area (Å²) in [6.07, 6.45) is -2.33. The minimum Gasteiger partial charge on any atom is -0.500 e. The fourth-order valence-electron chi connectivity index (χ4n) is 5.94. The van der Waals surface area contributed by atoms with Gasteiger partial charge >= 0.3 is 0 Å². The molecule has 4 heterocycles. The summed E-state index contributed by atoms with van der Waals surface area (Å²) >= 11 is 0. The molecule has 0 aliphatic heterocycles. The van der Waals surface area contributed by atoms with Crippen molar-refractivity contribution < 1.29 is 45.1 Å². The Morgan fingerprint density at radius 1 is 0.712 bits per heavy atom. The number of nitrogens with zero attached hydrogens (tertiary/aromatic N) is 3. The molecule has 0 aliphatic rings. The Hall–Kier alpha value is -3.92. The molecule has 0 saturated heterocycles. The summed E-state index contributed by atoms with van der Waals surface area (Å²) in [4.78, 5) is 13.0. The van der Waals surface area contributed by atoms with Crippen LogP contribution in [0.15, 0.2) is 71.4 Å². The number of pyridine rings is 3. The van der Waals surface area contributed by atoms with Crippen molar-refractivity contribution in [3.8, 4) is 22.5 Å². The molecular formula is C47H53IrN3O-2. The Kier molecular flexibility index (Phi) is 6.76. The Balaban J connectivity index is 0.000000271. The number of hydrogen-bond acceptors (Lipinski definition) is 4. The average molecular weight is 883 g/mol. The zero-order valence-corrected chi connectivity index (χ0v) is 33.3. The van der Waals surface area contributed by atoms with E-state index < -0.39 is 72.7 Å². The molecule has 1 radical (unpaired) electrons. The van der Waals surface area contributed by atoms with Crippen LogP contribution in [0.5, 0.6) is 0 Å². The zero-order valence-electron chi connectivity index (χ0n) is 45.9. The summed E-state index contributed by atoms with van der Waals surface area (Å²) in [5.41, 5.74) is -1.10. The van der Waals surface area contributed by atoms with E-state index in [0.717, 1.165) is 5.56 Å². The summed E-state index contributed by atoms with van der Waals surface area (Å²) < 4.78 is 132. The topological polar surface area (TPSA) is 51.8 Å². The first-order valence-corrected chi connectivity index (χ1v) is 16.9. The zero-order chi connectivity index (χ0) is 49.8. The minimum absolute atomic E-state index is 0. The molecule has 0 unspecified atom stereocenters. The van der Waals surface area contributed by atoms with E-state index in [-0.39, 0.29) is 64.2 Å². The van der Waals surface area contributed by atoms with Gasteiger partial charge in [0.15, 0.2) is 0 Å². The van der Waals surface area contributed by atoms with Gasteiger partial charge in [-0.3, -0.25) is 4.98 Å². The fourth-order valence-corrected chi connectivity index (χ4v) is 5.94. The van der Waals surface area contributed by atoms with Crippen LogP contribution in [-0.4, -0.2) is 15.0 Å². The third kappa shape index (κ3) is 8.81. The molecule has 0 spiro atoms. The van der Waals surface area contributed by atoms with E-state index in [0.29, 0.717) is 22.4 Å². The van der Waals surface area contributed by atoms with Gasteiger partial charge in [-0.15, -0.1) is 53.6 Å². The van der Waals surface area contributed by atoms with E-state index in [1.165, 1.54) is 30.6 Å². The average Bonchev–Trinajstić information content (AvgIpc) is 3.57. The number of benzene rings is 3. The summed E-state index contributed by atoms with van der Waals surface area (Å²) in [6, 6.07) is 20.9. The van der Waals surface area contributed by atoms with Gasteiger partial charge in [-0.1, -0.05) is 91.0 Å². The number of aromatic nitrogens is 3. The maximum absolute atomic E-state index is 8.77. The van der Waals surface area contributed by atoms with Crippen LogP contribution in [0.4, 0.5) is 0 Å². The van der Waals surface area contributed by atoms with Gasteiger partial charge in [-0.05, 0) is 95.5 Å². The van der Waals surface area contributed by atoms with Crippen LogP contribution in [-0.2, 0) is 39.2 Å². The van der Waals surface area contributed by atoms with E-state index in [1.54, 1.807) is 39.0 Å². The molecule has 0 bridgehead atoms. The van der Waals surface area contributed by atoms with E-state index in [9.17, 15) is 0 Å². The van der Waals surface area contributed by atoms with Crippen LogP contribution < -0.4 is 0 Å². The third-order valence-electron chi connectivity index (χ3n) is 7.73. The second-order valence-corrected chi connectivity index (χ2v) is 15.8. The summed E-state index contributed by atoms with van der Waals surface area (Å²) in [7, 11) is 0. The largest absolute Gasteiger partial charge is 0.500 e. The molecule has 0 amide bonds. The molecule has 0 aliphatic carbocycles. The molecule has 7 aromatic rings. The fraction of sp³-hybridized carbons (Fsp3) is 0.383. The molecule has 0 N–H and O–H groups in total. The van der Waals surface area contributed by atoms with Crippen molar-refractivity contribution in [3.05, 3.63) is 113 Å². The van der Waals surface area contributed by atoms with Crippen LogP contribution in [0, 0.1) is 48.9 Å². The molecule has 3 aromatic carbocycles. The SMILES string of the molecule is [2H]C([2H])([2H])c1cc2oc3c[c-]c(-c4cc(C([2H])([2H])C(C)(C)C)ccn4)c4c(C([2H])([2H])[2H])c(C([2H])([2H])[2H])c(n1)c2c34.[2H]C([2H])(c1cnc(-c2[c-]cccc2)cc1C([2H])([2H])C(C)(C)C)C(C)(C)C.[Ir]. The standard InChI is InChI=1S/C26H25N2O.C21H28N.Ir/c1-14-11-21-24-23-20(29-21)8-7-18(22(23)15(2)16(3)25(24)28-14)19-12-17(9-10-27-19)13-26(4,5)6;1-20(2,3)13-17-12-19(16-10-8-7-9-11-16)22-15-18(17)14-21(4,5)6;/h8-12H,13H2,1-6H3;7-10,12,15H,13-14H2,1-6H3;/q2*-1;/i1D3,2D3,3D3,13D2;13D2,14D2;. The van der Waals surface area contributed by atoms with Crippen LogP contribution >= 0.6 is 0 Å². The van der Waals surface area contributed by atoms with Crippen molar-refractivity contribution in [2.24, 2.45) is 16.2 Å². The molecule has 0 fully saturated rings. The molecule has 0 atom stereocenters. The van der Waals surface area contributed by atoms with E-state index >= 15 is 0 Å². The molecular weight excluding hydrogens is 815 g/mol. The van der Waals surface area contributed by atoms with E-state index in [1.807, 2.05) is 59.7 Å². The van der Waals surface area contributed by atoms with Gasteiger partial charge < -0.3 is 14.4 Å². The molecule has 273 valence electrons. The van der Waals surface area contributed by atoms with Crippen molar-refractivity contribution in [2.75, 3.05) is 0 Å². The smallest absolute Gasteiger partial charge is 0.124 e. The quantitative estimate of drug-likeness (QED) is 0.128. The van der Waals surface area contributed by atoms with Crippen LogP contribution in [0.3, 0.4) is 0 Å². The molecule has 52 heavy (non-hydrogen) atoms. The van der Waals surface area contributed by atoms with E-state index in [4.69, 9.17) is 25.0 Å².